The van der Waals surface area contributed by atoms with Gasteiger partial charge in [-0.2, -0.15) is 0 Å². The number of carbonyl (C=O) groups excluding carboxylic acids is 1. The van der Waals surface area contributed by atoms with Crippen molar-refractivity contribution >= 4 is 30.7 Å². The Morgan fingerprint density at radius 1 is 1.29 bits per heavy atom. The monoisotopic (exact) mass is 375 g/mol. The molecule has 1 aromatic carbocycles. The minimum Gasteiger partial charge on any atom is -0.354 e. The first kappa shape index (κ1) is 23.2. The average molecular weight is 376 g/mol. The summed E-state index contributed by atoms with van der Waals surface area (Å²) < 4.78 is 0. The minimum atomic E-state index is -0.578. The zero-order chi connectivity index (χ0) is 16.1. The van der Waals surface area contributed by atoms with E-state index in [1.807, 2.05) is 31.2 Å². The van der Waals surface area contributed by atoms with Crippen molar-refractivity contribution in [3.8, 4) is 0 Å². The second-order valence-electron chi connectivity index (χ2n) is 6.73. The Morgan fingerprint density at radius 3 is 2.50 bits per heavy atom. The average Bonchev–Trinajstić information content (AvgIpc) is 2.53. The molecule has 0 aromatic heterocycles. The van der Waals surface area contributed by atoms with Crippen molar-refractivity contribution in [3.63, 3.8) is 0 Å². The van der Waals surface area contributed by atoms with Gasteiger partial charge >= 0.3 is 0 Å². The molecule has 4 nitrogen and oxygen atoms in total. The maximum atomic E-state index is 12.2. The first-order valence-electron chi connectivity index (χ1n) is 8.31. The summed E-state index contributed by atoms with van der Waals surface area (Å²) in [6, 6.07) is 7.84. The van der Waals surface area contributed by atoms with Crippen molar-refractivity contribution in [2.24, 2.45) is 11.7 Å². The van der Waals surface area contributed by atoms with Gasteiger partial charge < -0.3 is 16.0 Å². The number of benzene rings is 1. The molecule has 1 aromatic rings. The first-order chi connectivity index (χ1) is 10.5. The highest BCUT2D eigenvalue weighted by Gasteiger charge is 2.23. The normalized spacial score (nSPS) is 19.1. The minimum absolute atomic E-state index is 0. The Hall–Kier alpha value is -0.810. The highest BCUT2D eigenvalue weighted by atomic mass is 35.5. The first-order valence-corrected chi connectivity index (χ1v) is 8.31. The molecule has 6 heteroatoms. The fourth-order valence-corrected chi connectivity index (χ4v) is 3.01. The van der Waals surface area contributed by atoms with Crippen molar-refractivity contribution in [2.45, 2.75) is 45.7 Å². The Bertz CT molecular complexity index is 494. The summed E-state index contributed by atoms with van der Waals surface area (Å²) in [4.78, 5) is 14.7. The molecule has 0 radical (unpaired) electrons. The Morgan fingerprint density at radius 2 is 1.92 bits per heavy atom. The molecule has 0 spiro atoms. The van der Waals surface area contributed by atoms with Gasteiger partial charge in [-0.3, -0.25) is 4.79 Å². The third kappa shape index (κ3) is 6.60. The zero-order valence-corrected chi connectivity index (χ0v) is 16.5. The molecule has 2 rings (SSSR count). The van der Waals surface area contributed by atoms with E-state index in [9.17, 15) is 4.79 Å². The van der Waals surface area contributed by atoms with Crippen LogP contribution in [-0.4, -0.2) is 36.5 Å². The molecule has 2 unspecified atom stereocenters. The maximum Gasteiger partial charge on any atom is 0.241 e. The molecule has 1 aliphatic rings. The Labute approximate surface area is 158 Å². The van der Waals surface area contributed by atoms with Crippen molar-refractivity contribution in [1.29, 1.82) is 0 Å². The van der Waals surface area contributed by atoms with E-state index in [2.05, 4.69) is 24.1 Å². The molecular weight excluding hydrogens is 345 g/mol. The van der Waals surface area contributed by atoms with Gasteiger partial charge in [0.25, 0.3) is 0 Å². The van der Waals surface area contributed by atoms with E-state index < -0.39 is 6.04 Å². The summed E-state index contributed by atoms with van der Waals surface area (Å²) in [5.74, 6) is 0.454. The van der Waals surface area contributed by atoms with Gasteiger partial charge in [-0.15, -0.1) is 24.8 Å². The summed E-state index contributed by atoms with van der Waals surface area (Å²) in [7, 11) is 0. The van der Waals surface area contributed by atoms with Crippen molar-refractivity contribution in [2.75, 3.05) is 19.6 Å². The van der Waals surface area contributed by atoms with Crippen LogP contribution in [0.3, 0.4) is 0 Å². The van der Waals surface area contributed by atoms with Gasteiger partial charge in [0.1, 0.15) is 6.04 Å². The van der Waals surface area contributed by atoms with Gasteiger partial charge in [0.05, 0.1) is 0 Å². The van der Waals surface area contributed by atoms with Crippen LogP contribution >= 0.6 is 24.8 Å². The lowest BCUT2D eigenvalue weighted by Crippen LogP contribution is -2.45. The molecule has 3 N–H and O–H groups in total. The van der Waals surface area contributed by atoms with Gasteiger partial charge in [-0.05, 0) is 51.6 Å². The summed E-state index contributed by atoms with van der Waals surface area (Å²) >= 11 is 0. The fraction of sp³-hybridized carbons (Fsp3) is 0.611. The van der Waals surface area contributed by atoms with Crippen LogP contribution in [0.25, 0.3) is 0 Å². The third-order valence-electron chi connectivity index (χ3n) is 4.56. The fourth-order valence-electron chi connectivity index (χ4n) is 3.01. The van der Waals surface area contributed by atoms with E-state index in [1.165, 1.54) is 24.9 Å². The number of rotatable bonds is 5. The molecule has 1 saturated heterocycles. The molecule has 138 valence electrons. The number of hydrogen-bond donors (Lipinski definition) is 2. The van der Waals surface area contributed by atoms with Crippen LogP contribution in [0.1, 0.15) is 43.9 Å². The van der Waals surface area contributed by atoms with Crippen molar-refractivity contribution < 1.29 is 4.79 Å². The maximum absolute atomic E-state index is 12.2. The summed E-state index contributed by atoms with van der Waals surface area (Å²) in [6.07, 6.45) is 2.39. The number of likely N-dealkylation sites (tertiary alicyclic amines) is 1. The number of aryl methyl sites for hydroxylation is 1. The standard InChI is InChI=1S/C18H29N3O.2ClH/c1-13(2)21-10-4-5-15(12-21)11-20-18(22)17(19)16-8-6-14(3)7-9-16;;/h6-9,13,15,17H,4-5,10-12,19H2,1-3H3,(H,20,22);2*1H. The number of piperidine rings is 1. The van der Waals surface area contributed by atoms with Gasteiger partial charge in [-0.25, -0.2) is 0 Å². The van der Waals surface area contributed by atoms with Gasteiger partial charge in [0.15, 0.2) is 0 Å². The van der Waals surface area contributed by atoms with E-state index in [4.69, 9.17) is 5.73 Å². The van der Waals surface area contributed by atoms with Crippen molar-refractivity contribution in [1.82, 2.24) is 10.2 Å². The predicted molar refractivity (Wildman–Crippen MR) is 105 cm³/mol. The van der Waals surface area contributed by atoms with E-state index in [1.54, 1.807) is 0 Å². The van der Waals surface area contributed by atoms with E-state index in [-0.39, 0.29) is 30.7 Å². The highest BCUT2D eigenvalue weighted by molar-refractivity contribution is 5.85. The van der Waals surface area contributed by atoms with Crippen LogP contribution in [0.15, 0.2) is 24.3 Å². The molecule has 0 bridgehead atoms. The van der Waals surface area contributed by atoms with Crippen LogP contribution in [0.4, 0.5) is 0 Å². The number of amides is 1. The molecule has 0 aliphatic carbocycles. The SMILES string of the molecule is Cc1ccc(C(N)C(=O)NCC2CCCN(C(C)C)C2)cc1.Cl.Cl. The molecule has 1 amide bonds. The number of nitrogens with zero attached hydrogens (tertiary/aromatic N) is 1. The number of halogens is 2. The molecule has 24 heavy (non-hydrogen) atoms. The van der Waals surface area contributed by atoms with Crippen LogP contribution < -0.4 is 11.1 Å². The summed E-state index contributed by atoms with van der Waals surface area (Å²) in [5.41, 5.74) is 8.10. The second kappa shape index (κ2) is 10.9. The lowest BCUT2D eigenvalue weighted by atomic mass is 9.96. The smallest absolute Gasteiger partial charge is 0.241 e. The molecule has 1 aliphatic heterocycles. The lowest BCUT2D eigenvalue weighted by Gasteiger charge is -2.35. The summed E-state index contributed by atoms with van der Waals surface area (Å²) in [5, 5.41) is 3.03. The number of hydrogen-bond acceptors (Lipinski definition) is 3. The van der Waals surface area contributed by atoms with Gasteiger partial charge in [-0.1, -0.05) is 29.8 Å². The highest BCUT2D eigenvalue weighted by Crippen LogP contribution is 2.18. The van der Waals surface area contributed by atoms with E-state index >= 15 is 0 Å². The third-order valence-corrected chi connectivity index (χ3v) is 4.56. The largest absolute Gasteiger partial charge is 0.354 e. The molecular formula is C18H31Cl2N3O. The molecule has 1 heterocycles. The molecule has 2 atom stereocenters. The zero-order valence-electron chi connectivity index (χ0n) is 14.8. The van der Waals surface area contributed by atoms with E-state index in [0.29, 0.717) is 12.0 Å². The predicted octanol–water partition coefficient (Wildman–Crippen LogP) is 3.08. The Balaban J connectivity index is 0.00000264. The Kier molecular flexibility index (Phi) is 10.6. The van der Waals surface area contributed by atoms with Crippen LogP contribution in [0, 0.1) is 12.8 Å². The molecule has 0 saturated carbocycles. The lowest BCUT2D eigenvalue weighted by molar-refractivity contribution is -0.122. The second-order valence-corrected chi connectivity index (χ2v) is 6.73. The molecule has 1 fully saturated rings. The van der Waals surface area contributed by atoms with E-state index in [0.717, 1.165) is 18.7 Å². The number of carbonyl (C=O) groups is 1. The van der Waals surface area contributed by atoms with Gasteiger partial charge in [0.2, 0.25) is 5.91 Å². The number of nitrogens with two attached hydrogens (primary N) is 1. The van der Waals surface area contributed by atoms with Crippen LogP contribution in [-0.2, 0) is 4.79 Å². The van der Waals surface area contributed by atoms with Crippen LogP contribution in [0.5, 0.6) is 0 Å². The number of nitrogens with one attached hydrogen (secondary N) is 1. The summed E-state index contributed by atoms with van der Waals surface area (Å²) in [6.45, 7) is 9.45. The topological polar surface area (TPSA) is 58.4 Å². The van der Waals surface area contributed by atoms with Crippen LogP contribution in [0.2, 0.25) is 0 Å². The quantitative estimate of drug-likeness (QED) is 0.830. The van der Waals surface area contributed by atoms with Crippen molar-refractivity contribution in [3.05, 3.63) is 35.4 Å². The van der Waals surface area contributed by atoms with Gasteiger partial charge in [0, 0.05) is 19.1 Å².